The number of aliphatic carboxylic acids is 1. The number of hydrogen-bond donors (Lipinski definition) is 1. The van der Waals surface area contributed by atoms with Gasteiger partial charge in [0.1, 0.15) is 17.4 Å². The minimum Gasteiger partial charge on any atom is -0.481 e. The number of carbonyl (C=O) groups is 2. The maximum Gasteiger partial charge on any atom is 0.410 e. The van der Waals surface area contributed by atoms with Gasteiger partial charge >= 0.3 is 18.2 Å². The van der Waals surface area contributed by atoms with E-state index in [1.54, 1.807) is 30.3 Å². The highest BCUT2D eigenvalue weighted by atomic mass is 19.4. The third kappa shape index (κ3) is 2.24. The molecule has 1 saturated heterocycles. The van der Waals surface area contributed by atoms with Gasteiger partial charge < -0.3 is 14.7 Å². The number of amides is 1. The Balaban J connectivity index is 1.69. The van der Waals surface area contributed by atoms with Gasteiger partial charge in [-0.1, -0.05) is 30.3 Å². The predicted octanol–water partition coefficient (Wildman–Crippen LogP) is 2.66. The quantitative estimate of drug-likeness (QED) is 0.926. The van der Waals surface area contributed by atoms with E-state index in [-0.39, 0.29) is 6.61 Å². The molecule has 8 heteroatoms. The van der Waals surface area contributed by atoms with Gasteiger partial charge in [0.15, 0.2) is 0 Å². The molecule has 2 atom stereocenters. The van der Waals surface area contributed by atoms with Gasteiger partial charge in [-0.2, -0.15) is 13.2 Å². The summed E-state index contributed by atoms with van der Waals surface area (Å²) in [7, 11) is 0. The van der Waals surface area contributed by atoms with E-state index in [4.69, 9.17) is 4.74 Å². The Morgan fingerprint density at radius 1 is 1.22 bits per heavy atom. The summed E-state index contributed by atoms with van der Waals surface area (Å²) in [6.45, 7) is -1.22. The van der Waals surface area contributed by atoms with E-state index >= 15 is 0 Å². The maximum atomic E-state index is 13.2. The van der Waals surface area contributed by atoms with Crippen molar-refractivity contribution in [3.63, 3.8) is 0 Å². The number of ether oxygens (including phenoxy) is 1. The summed E-state index contributed by atoms with van der Waals surface area (Å²) in [6.07, 6.45) is -6.08. The van der Waals surface area contributed by atoms with Gasteiger partial charge in [0.25, 0.3) is 0 Å². The van der Waals surface area contributed by atoms with Crippen molar-refractivity contribution in [2.75, 3.05) is 13.1 Å². The lowest BCUT2D eigenvalue weighted by atomic mass is 9.96. The van der Waals surface area contributed by atoms with Gasteiger partial charge in [0.05, 0.1) is 0 Å². The van der Waals surface area contributed by atoms with Gasteiger partial charge in [0.2, 0.25) is 0 Å². The van der Waals surface area contributed by atoms with E-state index in [9.17, 15) is 27.9 Å². The number of benzene rings is 1. The molecule has 1 N–H and O–H groups in total. The van der Waals surface area contributed by atoms with Gasteiger partial charge in [-0.15, -0.1) is 0 Å². The minimum atomic E-state index is -4.67. The van der Waals surface area contributed by atoms with Crippen LogP contribution < -0.4 is 0 Å². The molecule has 0 unspecified atom stereocenters. The van der Waals surface area contributed by atoms with Crippen molar-refractivity contribution in [3.05, 3.63) is 35.9 Å². The van der Waals surface area contributed by atoms with Crippen molar-refractivity contribution in [1.29, 1.82) is 0 Å². The van der Waals surface area contributed by atoms with Crippen LogP contribution in [0.5, 0.6) is 0 Å². The Morgan fingerprint density at radius 2 is 1.87 bits per heavy atom. The number of alkyl halides is 3. The first-order valence-corrected chi connectivity index (χ1v) is 6.98. The highest BCUT2D eigenvalue weighted by Gasteiger charge is 2.87. The first-order chi connectivity index (χ1) is 10.7. The monoisotopic (exact) mass is 329 g/mol. The Morgan fingerprint density at radius 3 is 2.39 bits per heavy atom. The first kappa shape index (κ1) is 15.6. The van der Waals surface area contributed by atoms with Crippen LogP contribution in [0.1, 0.15) is 12.0 Å². The second kappa shape index (κ2) is 4.87. The molecule has 23 heavy (non-hydrogen) atoms. The minimum absolute atomic E-state index is 0.0741. The first-order valence-electron chi connectivity index (χ1n) is 6.98. The second-order valence-corrected chi connectivity index (χ2v) is 6.04. The molecule has 124 valence electrons. The molecule has 2 aliphatic rings. The van der Waals surface area contributed by atoms with E-state index in [0.717, 1.165) is 4.90 Å². The van der Waals surface area contributed by atoms with Gasteiger partial charge in [-0.05, 0) is 12.0 Å². The van der Waals surface area contributed by atoms with Crippen LogP contribution in [0.15, 0.2) is 30.3 Å². The lowest BCUT2D eigenvalue weighted by molar-refractivity contribution is -0.196. The molecule has 2 fully saturated rings. The third-order valence-corrected chi connectivity index (χ3v) is 4.73. The van der Waals surface area contributed by atoms with E-state index in [0.29, 0.717) is 5.56 Å². The third-order valence-electron chi connectivity index (χ3n) is 4.73. The van der Waals surface area contributed by atoms with Crippen molar-refractivity contribution in [1.82, 2.24) is 4.90 Å². The standard InChI is InChI=1S/C15H14F3NO4/c16-15(17,18)14-7-13(14,11(20)21)8-19(9-14)12(22)23-6-10-4-2-1-3-5-10/h1-5H,6-9H2,(H,20,21)/t13-,14-/m1/s1. The zero-order chi connectivity index (χ0) is 16.9. The Hall–Kier alpha value is -2.25. The zero-order valence-corrected chi connectivity index (χ0v) is 12.0. The largest absolute Gasteiger partial charge is 0.481 e. The number of nitrogens with zero attached hydrogens (tertiary/aromatic N) is 1. The molecule has 1 saturated carbocycles. The molecule has 5 nitrogen and oxygen atoms in total. The fourth-order valence-electron chi connectivity index (χ4n) is 3.34. The molecule has 1 aromatic rings. The summed E-state index contributed by atoms with van der Waals surface area (Å²) in [5.74, 6) is -1.52. The number of hydrogen-bond acceptors (Lipinski definition) is 3. The number of carboxylic acid groups (broad SMARTS) is 1. The molecule has 0 aromatic heterocycles. The Labute approximate surface area is 129 Å². The average molecular weight is 329 g/mol. The van der Waals surface area contributed by atoms with Crippen LogP contribution in [-0.2, 0) is 16.1 Å². The lowest BCUT2D eigenvalue weighted by Gasteiger charge is -2.21. The van der Waals surface area contributed by atoms with Crippen LogP contribution in [0, 0.1) is 10.8 Å². The van der Waals surface area contributed by atoms with Crippen molar-refractivity contribution >= 4 is 12.1 Å². The summed E-state index contributed by atoms with van der Waals surface area (Å²) < 4.78 is 44.7. The Bertz CT molecular complexity index is 648. The van der Waals surface area contributed by atoms with Crippen molar-refractivity contribution in [2.24, 2.45) is 10.8 Å². The van der Waals surface area contributed by atoms with Crippen molar-refractivity contribution in [3.8, 4) is 0 Å². The number of carboxylic acids is 1. The van der Waals surface area contributed by atoms with Crippen LogP contribution in [0.3, 0.4) is 0 Å². The fourth-order valence-corrected chi connectivity index (χ4v) is 3.34. The van der Waals surface area contributed by atoms with E-state index in [1.165, 1.54) is 0 Å². The van der Waals surface area contributed by atoms with Gasteiger partial charge in [-0.3, -0.25) is 4.79 Å². The highest BCUT2D eigenvalue weighted by Crippen LogP contribution is 2.74. The van der Waals surface area contributed by atoms with Crippen LogP contribution >= 0.6 is 0 Å². The molecule has 0 bridgehead atoms. The molecule has 1 heterocycles. The predicted molar refractivity (Wildman–Crippen MR) is 71.4 cm³/mol. The smallest absolute Gasteiger partial charge is 0.410 e. The van der Waals surface area contributed by atoms with Crippen LogP contribution in [-0.4, -0.2) is 41.3 Å². The number of likely N-dealkylation sites (tertiary alicyclic amines) is 1. The molecule has 0 radical (unpaired) electrons. The second-order valence-electron chi connectivity index (χ2n) is 6.04. The topological polar surface area (TPSA) is 66.8 Å². The summed E-state index contributed by atoms with van der Waals surface area (Å²) in [4.78, 5) is 24.1. The number of piperidine rings is 1. The molecule has 1 amide bonds. The van der Waals surface area contributed by atoms with Crippen LogP contribution in [0.2, 0.25) is 0 Å². The van der Waals surface area contributed by atoms with Crippen LogP contribution in [0.4, 0.5) is 18.0 Å². The number of rotatable bonds is 3. The summed E-state index contributed by atoms with van der Waals surface area (Å²) in [5, 5.41) is 9.17. The number of fused-ring (bicyclic) bond motifs is 1. The van der Waals surface area contributed by atoms with Crippen molar-refractivity contribution < 1.29 is 32.6 Å². The maximum absolute atomic E-state index is 13.2. The Kier molecular flexibility index (Phi) is 3.31. The molecule has 1 aromatic carbocycles. The lowest BCUT2D eigenvalue weighted by Crippen LogP contribution is -2.36. The van der Waals surface area contributed by atoms with E-state index in [2.05, 4.69) is 0 Å². The molecular formula is C15H14F3NO4. The van der Waals surface area contributed by atoms with Gasteiger partial charge in [0, 0.05) is 13.1 Å². The van der Waals surface area contributed by atoms with Crippen molar-refractivity contribution in [2.45, 2.75) is 19.2 Å². The molecular weight excluding hydrogens is 315 g/mol. The van der Waals surface area contributed by atoms with Gasteiger partial charge in [-0.25, -0.2) is 4.79 Å². The molecule has 3 rings (SSSR count). The summed E-state index contributed by atoms with van der Waals surface area (Å²) >= 11 is 0. The average Bonchev–Trinajstić information content (AvgIpc) is 3.04. The number of carbonyl (C=O) groups excluding carboxylic acids is 1. The van der Waals surface area contributed by atoms with E-state index in [1.807, 2.05) is 0 Å². The highest BCUT2D eigenvalue weighted by molar-refractivity contribution is 5.84. The normalized spacial score (nSPS) is 29.1. The summed E-state index contributed by atoms with van der Waals surface area (Å²) in [6, 6.07) is 8.69. The zero-order valence-electron chi connectivity index (χ0n) is 12.0. The number of halogens is 3. The SMILES string of the molecule is O=C(OCc1ccccc1)N1C[C@@]2(C(=O)O)C[C@@]2(C(F)(F)F)C1. The molecule has 1 aliphatic carbocycles. The fraction of sp³-hybridized carbons (Fsp3) is 0.467. The van der Waals surface area contributed by atoms with E-state index < -0.39 is 48.6 Å². The molecule has 0 spiro atoms. The molecule has 1 aliphatic heterocycles. The van der Waals surface area contributed by atoms with Crippen LogP contribution in [0.25, 0.3) is 0 Å². The summed E-state index contributed by atoms with van der Waals surface area (Å²) in [5.41, 5.74) is -3.59.